The summed E-state index contributed by atoms with van der Waals surface area (Å²) in [5.41, 5.74) is 0.586. The summed E-state index contributed by atoms with van der Waals surface area (Å²) in [6, 6.07) is 1.74. The van der Waals surface area contributed by atoms with Crippen LogP contribution in [0.1, 0.15) is 16.9 Å². The number of aryl methyl sites for hydroxylation is 1. The van der Waals surface area contributed by atoms with Gasteiger partial charge in [0.2, 0.25) is 0 Å². The second-order valence-electron chi connectivity index (χ2n) is 4.81. The number of methoxy groups -OCH3 is 2. The molecule has 6 heteroatoms. The van der Waals surface area contributed by atoms with E-state index < -0.39 is 0 Å². The Hall–Kier alpha value is -1.04. The molecule has 0 N–H and O–H groups in total. The molecule has 1 aliphatic rings. The smallest absolute Gasteiger partial charge is 0.270 e. The summed E-state index contributed by atoms with van der Waals surface area (Å²) < 4.78 is 12.3. The normalized spacial score (nSPS) is 23.1. The van der Waals surface area contributed by atoms with E-state index in [1.54, 1.807) is 31.0 Å². The molecule has 0 bridgehead atoms. The Kier molecular flexibility index (Phi) is 4.50. The van der Waals surface area contributed by atoms with Gasteiger partial charge in [0.25, 0.3) is 5.91 Å². The highest BCUT2D eigenvalue weighted by Gasteiger charge is 2.36. The molecule has 19 heavy (non-hydrogen) atoms. The first kappa shape index (κ1) is 14.4. The molecule has 1 aromatic rings. The first-order valence-electron chi connectivity index (χ1n) is 6.21. The number of carbonyl (C=O) groups is 1. The van der Waals surface area contributed by atoms with Crippen LogP contribution in [0.25, 0.3) is 0 Å². The standard InChI is InChI=1S/C13H19ClN2O3/c1-15-6-9(14)4-12(15)13(17)16-7-11(19-3)5-10(16)8-18-2/h4,6,10-11H,5,7-8H2,1-3H3/t10-,11+/m0/s1. The minimum absolute atomic E-state index is 0.0315. The fourth-order valence-corrected chi connectivity index (χ4v) is 2.78. The summed E-state index contributed by atoms with van der Waals surface area (Å²) in [6.45, 7) is 1.11. The molecular weight excluding hydrogens is 268 g/mol. The highest BCUT2D eigenvalue weighted by Crippen LogP contribution is 2.24. The average molecular weight is 287 g/mol. The van der Waals surface area contributed by atoms with Gasteiger partial charge in [-0.25, -0.2) is 0 Å². The van der Waals surface area contributed by atoms with Crippen molar-refractivity contribution in [3.8, 4) is 0 Å². The van der Waals surface area contributed by atoms with Crippen molar-refractivity contribution in [3.63, 3.8) is 0 Å². The van der Waals surface area contributed by atoms with E-state index in [1.807, 2.05) is 11.9 Å². The van der Waals surface area contributed by atoms with Gasteiger partial charge < -0.3 is 18.9 Å². The quantitative estimate of drug-likeness (QED) is 0.844. The third-order valence-corrected chi connectivity index (χ3v) is 3.73. The van der Waals surface area contributed by atoms with E-state index in [2.05, 4.69) is 0 Å². The van der Waals surface area contributed by atoms with Crippen LogP contribution in [0.4, 0.5) is 0 Å². The lowest BCUT2D eigenvalue weighted by molar-refractivity contribution is 0.0603. The molecule has 1 amide bonds. The van der Waals surface area contributed by atoms with Crippen molar-refractivity contribution in [2.45, 2.75) is 18.6 Å². The zero-order chi connectivity index (χ0) is 14.0. The molecule has 0 unspecified atom stereocenters. The first-order valence-corrected chi connectivity index (χ1v) is 6.59. The second kappa shape index (κ2) is 5.94. The van der Waals surface area contributed by atoms with Gasteiger partial charge in [-0.15, -0.1) is 0 Å². The Labute approximate surface area is 118 Å². The Bertz CT molecular complexity index is 461. The van der Waals surface area contributed by atoms with E-state index >= 15 is 0 Å². The molecule has 106 valence electrons. The number of ether oxygens (including phenoxy) is 2. The van der Waals surface area contributed by atoms with Crippen molar-refractivity contribution in [2.24, 2.45) is 7.05 Å². The van der Waals surface area contributed by atoms with Gasteiger partial charge >= 0.3 is 0 Å². The van der Waals surface area contributed by atoms with Crippen LogP contribution in [0.15, 0.2) is 12.3 Å². The summed E-state index contributed by atoms with van der Waals surface area (Å²) in [4.78, 5) is 14.4. The molecule has 1 saturated heterocycles. The second-order valence-corrected chi connectivity index (χ2v) is 5.25. The number of rotatable bonds is 4. The van der Waals surface area contributed by atoms with Gasteiger partial charge in [0, 0.05) is 34.0 Å². The molecule has 0 radical (unpaired) electrons. The number of halogens is 1. The lowest BCUT2D eigenvalue weighted by atomic mass is 10.2. The third kappa shape index (κ3) is 2.94. The van der Waals surface area contributed by atoms with Gasteiger partial charge in [-0.1, -0.05) is 11.6 Å². The number of amides is 1. The lowest BCUT2D eigenvalue weighted by Gasteiger charge is -2.23. The van der Waals surface area contributed by atoms with Crippen LogP contribution < -0.4 is 0 Å². The van der Waals surface area contributed by atoms with Crippen LogP contribution in [0, 0.1) is 0 Å². The van der Waals surface area contributed by atoms with Crippen LogP contribution in [0.2, 0.25) is 5.02 Å². The summed E-state index contributed by atoms with van der Waals surface area (Å²) >= 11 is 5.93. The summed E-state index contributed by atoms with van der Waals surface area (Å²) in [6.07, 6.45) is 2.60. The molecule has 0 saturated carbocycles. The van der Waals surface area contributed by atoms with Gasteiger partial charge in [0.1, 0.15) is 5.69 Å². The molecular formula is C13H19ClN2O3. The first-order chi connectivity index (χ1) is 9.06. The maximum absolute atomic E-state index is 12.6. The fraction of sp³-hybridized carbons (Fsp3) is 0.615. The minimum atomic E-state index is -0.0315. The molecule has 0 aromatic carbocycles. The van der Waals surface area contributed by atoms with Crippen molar-refractivity contribution in [2.75, 3.05) is 27.4 Å². The highest BCUT2D eigenvalue weighted by atomic mass is 35.5. The zero-order valence-electron chi connectivity index (χ0n) is 11.4. The number of nitrogens with zero attached hydrogens (tertiary/aromatic N) is 2. The van der Waals surface area contributed by atoms with Crippen molar-refractivity contribution < 1.29 is 14.3 Å². The van der Waals surface area contributed by atoms with Crippen LogP contribution >= 0.6 is 11.6 Å². The molecule has 1 aliphatic heterocycles. The Morgan fingerprint density at radius 2 is 2.26 bits per heavy atom. The van der Waals surface area contributed by atoms with E-state index in [-0.39, 0.29) is 18.1 Å². The summed E-state index contributed by atoms with van der Waals surface area (Å²) in [5, 5.41) is 0.566. The lowest BCUT2D eigenvalue weighted by Crippen LogP contribution is -2.39. The monoisotopic (exact) mass is 286 g/mol. The van der Waals surface area contributed by atoms with Crippen molar-refractivity contribution in [1.82, 2.24) is 9.47 Å². The number of hydrogen-bond acceptors (Lipinski definition) is 3. The van der Waals surface area contributed by atoms with E-state index in [9.17, 15) is 4.79 Å². The van der Waals surface area contributed by atoms with Crippen LogP contribution in [-0.2, 0) is 16.5 Å². The van der Waals surface area contributed by atoms with Crippen molar-refractivity contribution in [1.29, 1.82) is 0 Å². The molecule has 1 aromatic heterocycles. The molecule has 1 fully saturated rings. The number of likely N-dealkylation sites (tertiary alicyclic amines) is 1. The molecule has 5 nitrogen and oxygen atoms in total. The topological polar surface area (TPSA) is 43.7 Å². The number of aromatic nitrogens is 1. The third-order valence-electron chi connectivity index (χ3n) is 3.52. The largest absolute Gasteiger partial charge is 0.383 e. The highest BCUT2D eigenvalue weighted by molar-refractivity contribution is 6.31. The molecule has 2 atom stereocenters. The maximum Gasteiger partial charge on any atom is 0.270 e. The van der Waals surface area contributed by atoms with Gasteiger partial charge in [-0.3, -0.25) is 4.79 Å². The Balaban J connectivity index is 2.19. The minimum Gasteiger partial charge on any atom is -0.383 e. The van der Waals surface area contributed by atoms with Gasteiger partial charge in [0.05, 0.1) is 23.8 Å². The van der Waals surface area contributed by atoms with Gasteiger partial charge in [-0.05, 0) is 12.5 Å². The van der Waals surface area contributed by atoms with E-state index in [0.29, 0.717) is 23.9 Å². The van der Waals surface area contributed by atoms with Gasteiger partial charge in [0.15, 0.2) is 0 Å². The molecule has 2 rings (SSSR count). The number of carbonyl (C=O) groups excluding carboxylic acids is 1. The molecule has 0 spiro atoms. The Morgan fingerprint density at radius 1 is 1.53 bits per heavy atom. The van der Waals surface area contributed by atoms with Crippen molar-refractivity contribution >= 4 is 17.5 Å². The van der Waals surface area contributed by atoms with E-state index in [0.717, 1.165) is 6.42 Å². The average Bonchev–Trinajstić information content (AvgIpc) is 2.92. The van der Waals surface area contributed by atoms with Crippen LogP contribution in [-0.4, -0.2) is 54.9 Å². The van der Waals surface area contributed by atoms with E-state index in [4.69, 9.17) is 21.1 Å². The van der Waals surface area contributed by atoms with Crippen molar-refractivity contribution in [3.05, 3.63) is 23.0 Å². The molecule has 0 aliphatic carbocycles. The number of hydrogen-bond donors (Lipinski definition) is 0. The SMILES string of the molecule is COC[C@@H]1C[C@@H](OC)CN1C(=O)c1cc(Cl)cn1C. The van der Waals surface area contributed by atoms with Gasteiger partial charge in [-0.2, -0.15) is 0 Å². The fourth-order valence-electron chi connectivity index (χ4n) is 2.53. The predicted molar refractivity (Wildman–Crippen MR) is 72.5 cm³/mol. The molecule has 2 heterocycles. The maximum atomic E-state index is 12.6. The van der Waals surface area contributed by atoms with E-state index in [1.165, 1.54) is 0 Å². The predicted octanol–water partition coefficient (Wildman–Crippen LogP) is 1.55. The van der Waals surface area contributed by atoms with Crippen LogP contribution in [0.3, 0.4) is 0 Å². The Morgan fingerprint density at radius 3 is 2.79 bits per heavy atom. The zero-order valence-corrected chi connectivity index (χ0v) is 12.2. The summed E-state index contributed by atoms with van der Waals surface area (Å²) in [7, 11) is 5.12. The van der Waals surface area contributed by atoms with Crippen LogP contribution in [0.5, 0.6) is 0 Å². The summed E-state index contributed by atoms with van der Waals surface area (Å²) in [5.74, 6) is -0.0315.